The Morgan fingerprint density at radius 2 is 1.52 bits per heavy atom. The molecule has 4 aromatic heterocycles. The molecule has 0 N–H and O–H groups in total. The molecule has 7 heteroatoms. The van der Waals surface area contributed by atoms with E-state index in [-0.39, 0.29) is 26.5 Å². The second-order valence-corrected chi connectivity index (χ2v) is 14.0. The molecule has 0 aliphatic heterocycles. The fourth-order valence-electron chi connectivity index (χ4n) is 6.53. The summed E-state index contributed by atoms with van der Waals surface area (Å²) in [6.07, 6.45) is 8.19. The third kappa shape index (κ3) is 6.25. The Balaban J connectivity index is 0.00000392. The maximum Gasteiger partial charge on any atom is 0.269 e. The Labute approximate surface area is 307 Å². The van der Waals surface area contributed by atoms with Crippen LogP contribution in [-0.4, -0.2) is 19.1 Å². The second-order valence-electron chi connectivity index (χ2n) is 14.0. The molecule has 8 aromatic rings. The van der Waals surface area contributed by atoms with Crippen molar-refractivity contribution >= 4 is 32.8 Å². The fourth-order valence-corrected chi connectivity index (χ4v) is 6.53. The zero-order chi connectivity index (χ0) is 33.7. The third-order valence-corrected chi connectivity index (χ3v) is 8.86. The van der Waals surface area contributed by atoms with Crippen molar-refractivity contribution in [2.24, 2.45) is 5.92 Å². The first-order valence-corrected chi connectivity index (χ1v) is 16.8. The van der Waals surface area contributed by atoms with E-state index in [0.717, 1.165) is 50.8 Å². The number of benzene rings is 4. The van der Waals surface area contributed by atoms with Gasteiger partial charge in [0, 0.05) is 38.5 Å². The van der Waals surface area contributed by atoms with Gasteiger partial charge in [-0.05, 0) is 64.8 Å². The number of fused-ring (bicyclic) bond motifs is 4. The maximum atomic E-state index is 6.45. The van der Waals surface area contributed by atoms with Crippen molar-refractivity contribution < 1.29 is 30.4 Å². The van der Waals surface area contributed by atoms with Crippen LogP contribution in [0.3, 0.4) is 0 Å². The molecule has 0 radical (unpaired) electrons. The minimum absolute atomic E-state index is 0. The molecule has 0 aliphatic carbocycles. The number of hydrogen-bond acceptors (Lipinski definition) is 3. The molecule has 0 unspecified atom stereocenters. The summed E-state index contributed by atoms with van der Waals surface area (Å²) in [5, 5.41) is 2.22. The average molecular weight is 835 g/mol. The molecule has 8 rings (SSSR count). The summed E-state index contributed by atoms with van der Waals surface area (Å²) >= 11 is 0. The zero-order valence-corrected chi connectivity index (χ0v) is 31.0. The molecule has 252 valence electrons. The Morgan fingerprint density at radius 3 is 2.34 bits per heavy atom. The van der Waals surface area contributed by atoms with Crippen LogP contribution in [0, 0.1) is 24.4 Å². The molecule has 4 aromatic carbocycles. The minimum atomic E-state index is -0.0110. The van der Waals surface area contributed by atoms with Crippen LogP contribution in [0.5, 0.6) is 11.5 Å². The Kier molecular flexibility index (Phi) is 8.92. The van der Waals surface area contributed by atoms with Gasteiger partial charge in [-0.1, -0.05) is 106 Å². The first kappa shape index (κ1) is 33.4. The number of ether oxygens (including phenoxy) is 1. The first-order valence-electron chi connectivity index (χ1n) is 16.8. The largest absolute Gasteiger partial charge is 0.522 e. The van der Waals surface area contributed by atoms with Crippen molar-refractivity contribution in [1.82, 2.24) is 19.1 Å². The van der Waals surface area contributed by atoms with E-state index in [1.807, 2.05) is 35.0 Å². The van der Waals surface area contributed by atoms with Gasteiger partial charge in [0.15, 0.2) is 0 Å². The van der Waals surface area contributed by atoms with Gasteiger partial charge in [-0.2, -0.15) is 18.2 Å². The second kappa shape index (κ2) is 13.3. The monoisotopic (exact) mass is 834 g/mol. The van der Waals surface area contributed by atoms with Crippen LogP contribution in [0.4, 0.5) is 0 Å². The number of nitrogens with zero attached hydrogens (tertiary/aromatic N) is 5. The van der Waals surface area contributed by atoms with Gasteiger partial charge in [0.05, 0.1) is 22.5 Å². The van der Waals surface area contributed by atoms with Gasteiger partial charge in [-0.15, -0.1) is 17.5 Å². The Hall–Kier alpha value is -5.06. The molecule has 0 atom stereocenters. The fraction of sp³-hybridized carbons (Fsp3) is 0.186. The summed E-state index contributed by atoms with van der Waals surface area (Å²) in [5.41, 5.74) is 7.53. The van der Waals surface area contributed by atoms with E-state index in [9.17, 15) is 0 Å². The molecule has 0 saturated heterocycles. The Morgan fingerprint density at radius 1 is 0.760 bits per heavy atom. The van der Waals surface area contributed by atoms with Crippen LogP contribution in [0.15, 0.2) is 116 Å². The maximum absolute atomic E-state index is 6.45. The van der Waals surface area contributed by atoms with Crippen molar-refractivity contribution in [3.63, 3.8) is 0 Å². The molecule has 0 spiro atoms. The van der Waals surface area contributed by atoms with Crippen LogP contribution in [-0.2, 0) is 32.9 Å². The van der Waals surface area contributed by atoms with Gasteiger partial charge in [-0.25, -0.2) is 4.98 Å². The van der Waals surface area contributed by atoms with E-state index < -0.39 is 0 Å². The van der Waals surface area contributed by atoms with Gasteiger partial charge < -0.3 is 9.30 Å². The molecule has 4 heterocycles. The van der Waals surface area contributed by atoms with Gasteiger partial charge in [-0.3, -0.25) is 14.1 Å². The molecule has 0 bridgehead atoms. The molecule has 0 aliphatic rings. The van der Waals surface area contributed by atoms with Gasteiger partial charge in [0.25, 0.3) is 6.33 Å². The van der Waals surface area contributed by atoms with Gasteiger partial charge in [0.2, 0.25) is 0 Å². The predicted molar refractivity (Wildman–Crippen MR) is 195 cm³/mol. The van der Waals surface area contributed by atoms with E-state index in [1.54, 1.807) is 6.20 Å². The number of para-hydroxylation sites is 3. The Bertz CT molecular complexity index is 2490. The quantitative estimate of drug-likeness (QED) is 0.119. The molecule has 6 nitrogen and oxygen atoms in total. The van der Waals surface area contributed by atoms with Crippen molar-refractivity contribution in [1.29, 1.82) is 0 Å². The van der Waals surface area contributed by atoms with Crippen LogP contribution in [0.1, 0.15) is 45.7 Å². The molecule has 50 heavy (non-hydrogen) atoms. The number of hydrogen-bond donors (Lipinski definition) is 0. The summed E-state index contributed by atoms with van der Waals surface area (Å²) in [6, 6.07) is 42.4. The standard InChI is InChI=1S/C43H37N5O.Pt/c1-29(2)23-30-11-10-12-32(24-30)46-28-47(39-16-9-8-15-38(39)46)41-27-34(20-22-44-41)49-33-17-18-36-35-13-6-7-14-37(35)48(40(36)26-33)42-25-31(19-21-45-42)43(3,4)5;/h6-22,24-25,29H,23H2,1-5H3;/q-2;. The van der Waals surface area contributed by atoms with E-state index >= 15 is 0 Å². The summed E-state index contributed by atoms with van der Waals surface area (Å²) in [5.74, 6) is 3.12. The van der Waals surface area contributed by atoms with Crippen LogP contribution in [0.2, 0.25) is 0 Å². The van der Waals surface area contributed by atoms with Gasteiger partial charge >= 0.3 is 0 Å². The van der Waals surface area contributed by atoms with E-state index in [0.29, 0.717) is 23.2 Å². The molecular formula is C43H37N5OPt-2. The summed E-state index contributed by atoms with van der Waals surface area (Å²) in [4.78, 5) is 9.49. The van der Waals surface area contributed by atoms with E-state index in [2.05, 4.69) is 146 Å². The summed E-state index contributed by atoms with van der Waals surface area (Å²) < 4.78 is 12.7. The first-order chi connectivity index (χ1) is 23.7. The van der Waals surface area contributed by atoms with Crippen LogP contribution >= 0.6 is 0 Å². The van der Waals surface area contributed by atoms with E-state index in [4.69, 9.17) is 9.72 Å². The van der Waals surface area contributed by atoms with Crippen molar-refractivity contribution in [2.75, 3.05) is 0 Å². The van der Waals surface area contributed by atoms with Crippen LogP contribution in [0.25, 0.3) is 50.2 Å². The molecule has 0 fully saturated rings. The van der Waals surface area contributed by atoms with Crippen molar-refractivity contribution in [2.45, 2.75) is 46.5 Å². The topological polar surface area (TPSA) is 48.8 Å². The summed E-state index contributed by atoms with van der Waals surface area (Å²) in [7, 11) is 0. The minimum Gasteiger partial charge on any atom is -0.522 e. The molecular weight excluding hydrogens is 798 g/mol. The predicted octanol–water partition coefficient (Wildman–Crippen LogP) is 9.48. The number of rotatable bonds is 7. The SMILES string of the molecule is CC(C)Cc1cccc(-[n+]2[c-]n(-c3[c-]c(Oc4[c-]c5c(cc4)c4ccccc4n5-c4cc(C(C)(C)C)ccn4)ccn3)c3ccccc32)c1.[Pt]. The normalized spacial score (nSPS) is 11.8. The number of aromatic nitrogens is 5. The van der Waals surface area contributed by atoms with E-state index in [1.165, 1.54) is 11.1 Å². The van der Waals surface area contributed by atoms with Crippen molar-refractivity contribution in [3.8, 4) is 28.8 Å². The average Bonchev–Trinajstić information content (AvgIpc) is 3.64. The van der Waals surface area contributed by atoms with Gasteiger partial charge in [0.1, 0.15) is 5.82 Å². The number of pyridine rings is 2. The van der Waals surface area contributed by atoms with Crippen LogP contribution < -0.4 is 9.30 Å². The summed E-state index contributed by atoms with van der Waals surface area (Å²) in [6.45, 7) is 11.1. The third-order valence-electron chi connectivity index (χ3n) is 8.86. The van der Waals surface area contributed by atoms with Crippen molar-refractivity contribution in [3.05, 3.63) is 145 Å². The smallest absolute Gasteiger partial charge is 0.269 e. The molecule has 0 amide bonds. The molecule has 0 saturated carbocycles. The number of imidazole rings is 1. The zero-order valence-electron chi connectivity index (χ0n) is 28.7.